The summed E-state index contributed by atoms with van der Waals surface area (Å²) in [7, 11) is 0. The van der Waals surface area contributed by atoms with Gasteiger partial charge in [0.1, 0.15) is 10.8 Å². The molecule has 72 valence electrons. The van der Waals surface area contributed by atoms with Crippen molar-refractivity contribution in [3.8, 4) is 5.75 Å². The standard InChI is InChI=1S/C9H9N3OS/c13-8-4-2-1-3-7(8)5-10-9-6-11-12-14-9/h1-4,6,10,13H,5H2. The first-order valence-electron chi connectivity index (χ1n) is 4.14. The van der Waals surface area contributed by atoms with Crippen molar-refractivity contribution >= 4 is 16.5 Å². The average molecular weight is 207 g/mol. The van der Waals surface area contributed by atoms with Gasteiger partial charge in [-0.3, -0.25) is 0 Å². The van der Waals surface area contributed by atoms with Crippen LogP contribution in [-0.4, -0.2) is 14.7 Å². The monoisotopic (exact) mass is 207 g/mol. The minimum absolute atomic E-state index is 0.303. The maximum absolute atomic E-state index is 9.47. The fraction of sp³-hybridized carbons (Fsp3) is 0.111. The van der Waals surface area contributed by atoms with Crippen molar-refractivity contribution in [2.45, 2.75) is 6.54 Å². The highest BCUT2D eigenvalue weighted by Crippen LogP contribution is 2.18. The van der Waals surface area contributed by atoms with E-state index in [1.165, 1.54) is 11.5 Å². The quantitative estimate of drug-likeness (QED) is 0.806. The van der Waals surface area contributed by atoms with Crippen LogP contribution >= 0.6 is 11.5 Å². The summed E-state index contributed by atoms with van der Waals surface area (Å²) in [4.78, 5) is 0. The molecule has 0 saturated carbocycles. The highest BCUT2D eigenvalue weighted by atomic mass is 32.1. The smallest absolute Gasteiger partial charge is 0.130 e. The van der Waals surface area contributed by atoms with Crippen LogP contribution in [0.4, 0.5) is 5.00 Å². The SMILES string of the molecule is Oc1ccccc1CNc1cnns1. The van der Waals surface area contributed by atoms with Crippen molar-refractivity contribution in [2.75, 3.05) is 5.32 Å². The molecule has 0 spiro atoms. The summed E-state index contributed by atoms with van der Waals surface area (Å²) in [6.07, 6.45) is 1.66. The molecule has 0 amide bonds. The highest BCUT2D eigenvalue weighted by molar-refractivity contribution is 7.09. The molecule has 5 heteroatoms. The summed E-state index contributed by atoms with van der Waals surface area (Å²) in [6, 6.07) is 7.23. The van der Waals surface area contributed by atoms with E-state index in [-0.39, 0.29) is 0 Å². The second-order valence-corrected chi connectivity index (χ2v) is 3.55. The van der Waals surface area contributed by atoms with Crippen LogP contribution < -0.4 is 5.32 Å². The number of anilines is 1. The molecule has 0 saturated heterocycles. The second-order valence-electron chi connectivity index (χ2n) is 2.76. The Kier molecular flexibility index (Phi) is 2.60. The predicted molar refractivity (Wildman–Crippen MR) is 55.3 cm³/mol. The third-order valence-electron chi connectivity index (χ3n) is 1.81. The first kappa shape index (κ1) is 8.96. The van der Waals surface area contributed by atoms with Crippen LogP contribution in [0.1, 0.15) is 5.56 Å². The molecular weight excluding hydrogens is 198 g/mol. The van der Waals surface area contributed by atoms with E-state index in [0.717, 1.165) is 10.6 Å². The molecule has 2 rings (SSSR count). The van der Waals surface area contributed by atoms with Gasteiger partial charge in [0.05, 0.1) is 6.20 Å². The predicted octanol–water partition coefficient (Wildman–Crippen LogP) is 1.86. The Morgan fingerprint density at radius 2 is 2.21 bits per heavy atom. The Morgan fingerprint density at radius 3 is 2.93 bits per heavy atom. The molecular formula is C9H9N3OS. The number of rotatable bonds is 3. The van der Waals surface area contributed by atoms with Gasteiger partial charge >= 0.3 is 0 Å². The molecule has 1 heterocycles. The first-order valence-corrected chi connectivity index (χ1v) is 4.92. The molecule has 0 atom stereocenters. The number of aromatic nitrogens is 2. The number of phenols is 1. The van der Waals surface area contributed by atoms with E-state index >= 15 is 0 Å². The van der Waals surface area contributed by atoms with Gasteiger partial charge in [0.2, 0.25) is 0 Å². The zero-order valence-corrected chi connectivity index (χ0v) is 8.16. The number of hydrogen-bond acceptors (Lipinski definition) is 5. The molecule has 0 aliphatic carbocycles. The lowest BCUT2D eigenvalue weighted by Crippen LogP contribution is -1.97. The normalized spacial score (nSPS) is 10.0. The van der Waals surface area contributed by atoms with E-state index in [2.05, 4.69) is 14.9 Å². The molecule has 0 unspecified atom stereocenters. The van der Waals surface area contributed by atoms with Crippen molar-refractivity contribution in [2.24, 2.45) is 0 Å². The van der Waals surface area contributed by atoms with Gasteiger partial charge in [-0.1, -0.05) is 22.7 Å². The van der Waals surface area contributed by atoms with E-state index in [9.17, 15) is 5.11 Å². The van der Waals surface area contributed by atoms with Gasteiger partial charge in [-0.05, 0) is 6.07 Å². The van der Waals surface area contributed by atoms with E-state index in [1.54, 1.807) is 18.3 Å². The summed E-state index contributed by atoms with van der Waals surface area (Å²) in [6.45, 7) is 0.580. The second kappa shape index (κ2) is 4.06. The third-order valence-corrected chi connectivity index (χ3v) is 2.43. The summed E-state index contributed by atoms with van der Waals surface area (Å²) in [5, 5.41) is 17.2. The van der Waals surface area contributed by atoms with Crippen LogP contribution in [0.15, 0.2) is 30.5 Å². The molecule has 0 fully saturated rings. The first-order chi connectivity index (χ1) is 6.86. The van der Waals surface area contributed by atoms with Gasteiger partial charge in [0.15, 0.2) is 0 Å². The molecule has 0 aliphatic heterocycles. The molecule has 0 bridgehead atoms. The largest absolute Gasteiger partial charge is 0.508 e. The summed E-state index contributed by atoms with van der Waals surface area (Å²) < 4.78 is 3.72. The molecule has 4 nitrogen and oxygen atoms in total. The van der Waals surface area contributed by atoms with Gasteiger partial charge in [-0.2, -0.15) is 0 Å². The van der Waals surface area contributed by atoms with E-state index < -0.39 is 0 Å². The van der Waals surface area contributed by atoms with Crippen molar-refractivity contribution in [1.82, 2.24) is 9.59 Å². The van der Waals surface area contributed by atoms with Gasteiger partial charge < -0.3 is 10.4 Å². The Hall–Kier alpha value is -1.62. The molecule has 2 aromatic rings. The lowest BCUT2D eigenvalue weighted by molar-refractivity contribution is 0.469. The number of para-hydroxylation sites is 1. The lowest BCUT2D eigenvalue weighted by atomic mass is 10.2. The Morgan fingerprint density at radius 1 is 1.36 bits per heavy atom. The third kappa shape index (κ3) is 2.00. The number of nitrogens with one attached hydrogen (secondary N) is 1. The Bertz CT molecular complexity index is 402. The minimum Gasteiger partial charge on any atom is -0.508 e. The molecule has 1 aromatic carbocycles. The van der Waals surface area contributed by atoms with Crippen molar-refractivity contribution < 1.29 is 5.11 Å². The summed E-state index contributed by atoms with van der Waals surface area (Å²) in [5.41, 5.74) is 0.862. The molecule has 0 aliphatic rings. The fourth-order valence-corrected chi connectivity index (χ4v) is 1.50. The molecule has 0 radical (unpaired) electrons. The molecule has 2 N–H and O–H groups in total. The topological polar surface area (TPSA) is 58.0 Å². The highest BCUT2D eigenvalue weighted by Gasteiger charge is 1.99. The maximum Gasteiger partial charge on any atom is 0.130 e. The van der Waals surface area contributed by atoms with Crippen LogP contribution in [0.2, 0.25) is 0 Å². The fourth-order valence-electron chi connectivity index (χ4n) is 1.09. The summed E-state index contributed by atoms with van der Waals surface area (Å²) in [5.74, 6) is 0.303. The Balaban J connectivity index is 2.02. The number of phenolic OH excluding ortho intramolecular Hbond substituents is 1. The van der Waals surface area contributed by atoms with Crippen LogP contribution in [0.25, 0.3) is 0 Å². The number of benzene rings is 1. The molecule has 14 heavy (non-hydrogen) atoms. The maximum atomic E-state index is 9.47. The zero-order chi connectivity index (χ0) is 9.80. The van der Waals surface area contributed by atoms with E-state index in [1.807, 2.05) is 12.1 Å². The number of hydrogen-bond donors (Lipinski definition) is 2. The van der Waals surface area contributed by atoms with Crippen molar-refractivity contribution in [3.05, 3.63) is 36.0 Å². The van der Waals surface area contributed by atoms with Gasteiger partial charge in [0, 0.05) is 23.6 Å². The number of nitrogens with zero attached hydrogens (tertiary/aromatic N) is 2. The van der Waals surface area contributed by atoms with Crippen molar-refractivity contribution in [3.63, 3.8) is 0 Å². The van der Waals surface area contributed by atoms with Crippen molar-refractivity contribution in [1.29, 1.82) is 0 Å². The summed E-state index contributed by atoms with van der Waals surface area (Å²) >= 11 is 1.29. The molecule has 1 aromatic heterocycles. The van der Waals surface area contributed by atoms with Gasteiger partial charge in [0.25, 0.3) is 0 Å². The lowest BCUT2D eigenvalue weighted by Gasteiger charge is -2.04. The number of aromatic hydroxyl groups is 1. The minimum atomic E-state index is 0.303. The van der Waals surface area contributed by atoms with Gasteiger partial charge in [-0.25, -0.2) is 0 Å². The van der Waals surface area contributed by atoms with E-state index in [0.29, 0.717) is 12.3 Å². The van der Waals surface area contributed by atoms with E-state index in [4.69, 9.17) is 0 Å². The zero-order valence-electron chi connectivity index (χ0n) is 7.34. The van der Waals surface area contributed by atoms with Crippen LogP contribution in [0.5, 0.6) is 5.75 Å². The Labute approximate surface area is 85.4 Å². The van der Waals surface area contributed by atoms with Crippen LogP contribution in [0, 0.1) is 0 Å². The van der Waals surface area contributed by atoms with Crippen LogP contribution in [0.3, 0.4) is 0 Å². The van der Waals surface area contributed by atoms with Gasteiger partial charge in [-0.15, -0.1) is 5.10 Å². The average Bonchev–Trinajstić information content (AvgIpc) is 2.69. The van der Waals surface area contributed by atoms with Crippen LogP contribution in [-0.2, 0) is 6.54 Å².